The number of aliphatic carboxylic acids is 1. The molecule has 1 saturated heterocycles. The van der Waals surface area contributed by atoms with E-state index in [4.69, 9.17) is 5.73 Å². The van der Waals surface area contributed by atoms with Crippen LogP contribution < -0.4 is 5.73 Å². The van der Waals surface area contributed by atoms with Crippen molar-refractivity contribution in [3.63, 3.8) is 0 Å². The third kappa shape index (κ3) is 3.72. The summed E-state index contributed by atoms with van der Waals surface area (Å²) in [5.41, 5.74) is 5.69. The monoisotopic (exact) mass is 314 g/mol. The molecule has 2 fully saturated rings. The smallest absolute Gasteiger partial charge is 0.327 e. The average Bonchev–Trinajstić information content (AvgIpc) is 2.91. The molecule has 0 radical (unpaired) electrons. The Labute approximate surface area is 130 Å². The van der Waals surface area contributed by atoms with Crippen LogP contribution in [0.4, 0.5) is 0 Å². The topological polar surface area (TPSA) is 83.6 Å². The van der Waals surface area contributed by atoms with Gasteiger partial charge < -0.3 is 15.7 Å². The first-order valence-electron chi connectivity index (χ1n) is 7.95. The number of rotatable bonds is 5. The van der Waals surface area contributed by atoms with Crippen LogP contribution in [-0.2, 0) is 9.59 Å². The lowest BCUT2D eigenvalue weighted by molar-refractivity contribution is -0.151. The molecule has 1 aliphatic heterocycles. The van der Waals surface area contributed by atoms with Gasteiger partial charge >= 0.3 is 5.97 Å². The first-order valence-corrected chi connectivity index (χ1v) is 9.00. The van der Waals surface area contributed by atoms with Crippen molar-refractivity contribution in [2.45, 2.75) is 56.9 Å². The maximum Gasteiger partial charge on any atom is 0.327 e. The van der Waals surface area contributed by atoms with Gasteiger partial charge in [-0.25, -0.2) is 4.79 Å². The van der Waals surface area contributed by atoms with E-state index in [0.717, 1.165) is 38.5 Å². The summed E-state index contributed by atoms with van der Waals surface area (Å²) in [6.45, 7) is 2.76. The highest BCUT2D eigenvalue weighted by atomic mass is 32.2. The van der Waals surface area contributed by atoms with Crippen LogP contribution >= 0.6 is 11.8 Å². The minimum atomic E-state index is -0.870. The second kappa shape index (κ2) is 7.49. The van der Waals surface area contributed by atoms with E-state index < -0.39 is 12.0 Å². The second-order valence-electron chi connectivity index (χ2n) is 6.13. The van der Waals surface area contributed by atoms with Crippen LogP contribution in [0.1, 0.15) is 45.4 Å². The summed E-state index contributed by atoms with van der Waals surface area (Å²) in [5, 5.41) is 9.41. The molecule has 1 aliphatic carbocycles. The molecular weight excluding hydrogens is 288 g/mol. The zero-order chi connectivity index (χ0) is 15.4. The lowest BCUT2D eigenvalue weighted by atomic mass is 9.81. The van der Waals surface area contributed by atoms with Crippen molar-refractivity contribution >= 4 is 23.6 Å². The molecule has 0 aromatic rings. The number of hydrogen-bond donors (Lipinski definition) is 2. The van der Waals surface area contributed by atoms with Crippen molar-refractivity contribution in [1.82, 2.24) is 4.90 Å². The van der Waals surface area contributed by atoms with Crippen molar-refractivity contribution in [2.75, 3.05) is 12.3 Å². The number of carboxylic acids is 1. The second-order valence-corrected chi connectivity index (χ2v) is 7.34. The Morgan fingerprint density at radius 1 is 1.29 bits per heavy atom. The molecule has 0 aromatic heterocycles. The summed E-state index contributed by atoms with van der Waals surface area (Å²) in [5.74, 6) is 0.229. The van der Waals surface area contributed by atoms with Crippen LogP contribution in [0.15, 0.2) is 0 Å². The number of amides is 1. The highest BCUT2D eigenvalue weighted by molar-refractivity contribution is 8.00. The van der Waals surface area contributed by atoms with Crippen LogP contribution in [-0.4, -0.2) is 45.6 Å². The number of nitrogens with two attached hydrogens (primary N) is 1. The van der Waals surface area contributed by atoms with Gasteiger partial charge in [0, 0.05) is 11.7 Å². The lowest BCUT2D eigenvalue weighted by Crippen LogP contribution is -2.48. The van der Waals surface area contributed by atoms with Crippen LogP contribution in [0.25, 0.3) is 0 Å². The number of thioether (sulfide) groups is 1. The Bertz CT molecular complexity index is 383. The summed E-state index contributed by atoms with van der Waals surface area (Å²) in [7, 11) is 0. The highest BCUT2D eigenvalue weighted by Gasteiger charge is 2.43. The number of carbonyl (C=O) groups excluding carboxylic acids is 1. The minimum absolute atomic E-state index is 0.00675. The molecule has 5 nitrogen and oxygen atoms in total. The molecular formula is C15H26N2O3S. The van der Waals surface area contributed by atoms with E-state index in [1.54, 1.807) is 16.7 Å². The van der Waals surface area contributed by atoms with Gasteiger partial charge in [-0.05, 0) is 44.6 Å². The average molecular weight is 314 g/mol. The summed E-state index contributed by atoms with van der Waals surface area (Å²) in [6.07, 6.45) is 5.53. The SMILES string of the molecule is CCCC1SCC(C(=O)O)N1C(=O)C1CCC(CN)CC1. The van der Waals surface area contributed by atoms with Crippen LogP contribution in [0.3, 0.4) is 0 Å². The Balaban J connectivity index is 2.05. The molecule has 120 valence electrons. The first kappa shape index (κ1) is 16.6. The predicted molar refractivity (Wildman–Crippen MR) is 83.9 cm³/mol. The van der Waals surface area contributed by atoms with Gasteiger partial charge in [0.25, 0.3) is 0 Å². The fourth-order valence-electron chi connectivity index (χ4n) is 3.37. The van der Waals surface area contributed by atoms with Crippen molar-refractivity contribution in [2.24, 2.45) is 17.6 Å². The highest BCUT2D eigenvalue weighted by Crippen LogP contribution is 2.37. The standard InChI is InChI=1S/C15H26N2O3S/c1-2-3-13-17(12(9-21-13)15(19)20)14(18)11-6-4-10(8-16)5-7-11/h10-13H,2-9,16H2,1H3,(H,19,20). The molecule has 2 rings (SSSR count). The molecule has 1 saturated carbocycles. The van der Waals surface area contributed by atoms with Crippen LogP contribution in [0.5, 0.6) is 0 Å². The molecule has 1 amide bonds. The van der Waals surface area contributed by atoms with Crippen molar-refractivity contribution in [3.8, 4) is 0 Å². The molecule has 0 bridgehead atoms. The van der Waals surface area contributed by atoms with Gasteiger partial charge in [0.2, 0.25) is 5.91 Å². The summed E-state index contributed by atoms with van der Waals surface area (Å²) < 4.78 is 0. The van der Waals surface area contributed by atoms with E-state index in [0.29, 0.717) is 18.2 Å². The fraction of sp³-hybridized carbons (Fsp3) is 0.867. The number of nitrogens with zero attached hydrogens (tertiary/aromatic N) is 1. The van der Waals surface area contributed by atoms with E-state index >= 15 is 0 Å². The Morgan fingerprint density at radius 3 is 2.48 bits per heavy atom. The number of carboxylic acid groups (broad SMARTS) is 1. The summed E-state index contributed by atoms with van der Waals surface area (Å²) in [4.78, 5) is 25.9. The maximum absolute atomic E-state index is 12.8. The Kier molecular flexibility index (Phi) is 5.93. The fourth-order valence-corrected chi connectivity index (χ4v) is 4.90. The Hall–Kier alpha value is -0.750. The van der Waals surface area contributed by atoms with E-state index in [9.17, 15) is 14.7 Å². The molecule has 2 aliphatic rings. The molecule has 1 heterocycles. The Morgan fingerprint density at radius 2 is 1.95 bits per heavy atom. The van der Waals surface area contributed by atoms with Crippen molar-refractivity contribution in [1.29, 1.82) is 0 Å². The first-order chi connectivity index (χ1) is 10.1. The largest absolute Gasteiger partial charge is 0.480 e. The summed E-state index contributed by atoms with van der Waals surface area (Å²) in [6, 6.07) is -0.647. The molecule has 6 heteroatoms. The quantitative estimate of drug-likeness (QED) is 0.810. The maximum atomic E-state index is 12.8. The van der Waals surface area contributed by atoms with Crippen molar-refractivity contribution in [3.05, 3.63) is 0 Å². The van der Waals surface area contributed by atoms with E-state index in [-0.39, 0.29) is 17.2 Å². The third-order valence-corrected chi connectivity index (χ3v) is 6.05. The van der Waals surface area contributed by atoms with E-state index in [1.807, 2.05) is 0 Å². The molecule has 3 N–H and O–H groups in total. The molecule has 21 heavy (non-hydrogen) atoms. The van der Waals surface area contributed by atoms with E-state index in [2.05, 4.69) is 6.92 Å². The van der Waals surface area contributed by atoms with Gasteiger partial charge in [0.1, 0.15) is 6.04 Å². The van der Waals surface area contributed by atoms with E-state index in [1.165, 1.54) is 0 Å². The van der Waals surface area contributed by atoms with Gasteiger partial charge in [-0.15, -0.1) is 11.8 Å². The van der Waals surface area contributed by atoms with Gasteiger partial charge in [-0.2, -0.15) is 0 Å². The third-order valence-electron chi connectivity index (χ3n) is 4.70. The van der Waals surface area contributed by atoms with Crippen LogP contribution in [0, 0.1) is 11.8 Å². The van der Waals surface area contributed by atoms with Gasteiger partial charge in [0.15, 0.2) is 0 Å². The van der Waals surface area contributed by atoms with Crippen LogP contribution in [0.2, 0.25) is 0 Å². The number of hydrogen-bond acceptors (Lipinski definition) is 4. The minimum Gasteiger partial charge on any atom is -0.480 e. The zero-order valence-corrected chi connectivity index (χ0v) is 13.5. The molecule has 0 spiro atoms. The lowest BCUT2D eigenvalue weighted by Gasteiger charge is -2.34. The van der Waals surface area contributed by atoms with Crippen molar-refractivity contribution < 1.29 is 14.7 Å². The summed E-state index contributed by atoms with van der Waals surface area (Å²) >= 11 is 1.61. The molecule has 2 unspecified atom stereocenters. The zero-order valence-electron chi connectivity index (χ0n) is 12.7. The van der Waals surface area contributed by atoms with Gasteiger partial charge in [-0.3, -0.25) is 4.79 Å². The molecule has 0 aromatic carbocycles. The molecule has 2 atom stereocenters. The van der Waals surface area contributed by atoms with Gasteiger partial charge in [0.05, 0.1) is 5.37 Å². The normalized spacial score (nSPS) is 33.1. The van der Waals surface area contributed by atoms with Gasteiger partial charge in [-0.1, -0.05) is 13.3 Å². The predicted octanol–water partition coefficient (Wildman–Crippen LogP) is 1.91. The number of carbonyl (C=O) groups is 2.